The highest BCUT2D eigenvalue weighted by molar-refractivity contribution is 7.80. The van der Waals surface area contributed by atoms with Gasteiger partial charge in [-0.05, 0) is 42.7 Å². The van der Waals surface area contributed by atoms with Crippen LogP contribution in [0.3, 0.4) is 0 Å². The number of aromatic carboxylic acids is 1. The lowest BCUT2D eigenvalue weighted by Gasteiger charge is -2.12. The number of benzene rings is 1. The van der Waals surface area contributed by atoms with Gasteiger partial charge in [0.05, 0.1) is 11.5 Å². The van der Waals surface area contributed by atoms with Crippen LogP contribution < -0.4 is 0 Å². The Morgan fingerprint density at radius 1 is 1.15 bits per heavy atom. The zero-order valence-corrected chi connectivity index (χ0v) is 12.2. The van der Waals surface area contributed by atoms with E-state index < -0.39 is 17.9 Å². The number of carbonyl (C=O) groups is 2. The minimum absolute atomic E-state index is 0.196. The van der Waals surface area contributed by atoms with Gasteiger partial charge in [0.15, 0.2) is 0 Å². The van der Waals surface area contributed by atoms with Crippen LogP contribution in [0.25, 0.3) is 0 Å². The maximum absolute atomic E-state index is 11.3. The van der Waals surface area contributed by atoms with Gasteiger partial charge >= 0.3 is 11.9 Å². The fraction of sp³-hybridized carbons (Fsp3) is 0.467. The van der Waals surface area contributed by atoms with Crippen molar-refractivity contribution in [3.05, 3.63) is 35.4 Å². The summed E-state index contributed by atoms with van der Waals surface area (Å²) in [4.78, 5) is 22.1. The molecule has 0 aromatic heterocycles. The molecule has 0 aliphatic rings. The van der Waals surface area contributed by atoms with Gasteiger partial charge in [0.1, 0.15) is 0 Å². The van der Waals surface area contributed by atoms with Crippen LogP contribution in [0.1, 0.15) is 41.6 Å². The van der Waals surface area contributed by atoms with Gasteiger partial charge in [-0.2, -0.15) is 12.6 Å². The Morgan fingerprint density at radius 3 is 2.50 bits per heavy atom. The molecule has 0 heterocycles. The van der Waals surface area contributed by atoms with Crippen LogP contribution in [0.4, 0.5) is 0 Å². The quantitative estimate of drug-likeness (QED) is 0.483. The van der Waals surface area contributed by atoms with Crippen molar-refractivity contribution in [2.45, 2.75) is 32.1 Å². The fourth-order valence-electron chi connectivity index (χ4n) is 2.11. The van der Waals surface area contributed by atoms with Gasteiger partial charge in [0.25, 0.3) is 0 Å². The lowest BCUT2D eigenvalue weighted by molar-refractivity contribution is -0.142. The average molecular weight is 296 g/mol. The molecule has 0 fully saturated rings. The van der Waals surface area contributed by atoms with Crippen molar-refractivity contribution in [3.8, 4) is 0 Å². The van der Waals surface area contributed by atoms with Gasteiger partial charge in [-0.1, -0.05) is 25.0 Å². The van der Waals surface area contributed by atoms with E-state index in [9.17, 15) is 14.7 Å². The summed E-state index contributed by atoms with van der Waals surface area (Å²) < 4.78 is 0. The molecular formula is C15H20O4S. The van der Waals surface area contributed by atoms with E-state index in [0.717, 1.165) is 30.6 Å². The summed E-state index contributed by atoms with van der Waals surface area (Å²) >= 11 is 4.12. The molecule has 4 nitrogen and oxygen atoms in total. The highest BCUT2D eigenvalue weighted by Gasteiger charge is 2.18. The van der Waals surface area contributed by atoms with Gasteiger partial charge < -0.3 is 10.2 Å². The van der Waals surface area contributed by atoms with Crippen molar-refractivity contribution in [1.29, 1.82) is 0 Å². The van der Waals surface area contributed by atoms with Crippen molar-refractivity contribution >= 4 is 24.6 Å². The van der Waals surface area contributed by atoms with Crippen LogP contribution in [0.2, 0.25) is 0 Å². The summed E-state index contributed by atoms with van der Waals surface area (Å²) in [5.41, 5.74) is 0.952. The van der Waals surface area contributed by atoms with E-state index in [1.54, 1.807) is 18.2 Å². The molecule has 20 heavy (non-hydrogen) atoms. The van der Waals surface area contributed by atoms with Crippen LogP contribution in [0, 0.1) is 5.92 Å². The molecule has 0 saturated heterocycles. The Labute approximate surface area is 124 Å². The van der Waals surface area contributed by atoms with E-state index in [0.29, 0.717) is 12.8 Å². The number of hydrogen-bond acceptors (Lipinski definition) is 3. The zero-order valence-electron chi connectivity index (χ0n) is 11.3. The molecule has 0 spiro atoms. The first-order valence-corrected chi connectivity index (χ1v) is 7.33. The van der Waals surface area contributed by atoms with E-state index in [1.807, 2.05) is 0 Å². The molecule has 2 N–H and O–H groups in total. The molecular weight excluding hydrogens is 276 g/mol. The van der Waals surface area contributed by atoms with Crippen molar-refractivity contribution in [3.63, 3.8) is 0 Å². The Bertz CT molecular complexity index is 459. The number of carboxylic acid groups (broad SMARTS) is 2. The highest BCUT2D eigenvalue weighted by Crippen LogP contribution is 2.17. The van der Waals surface area contributed by atoms with Crippen LogP contribution in [0.15, 0.2) is 24.3 Å². The van der Waals surface area contributed by atoms with Crippen molar-refractivity contribution in [2.75, 3.05) is 5.75 Å². The molecule has 0 amide bonds. The minimum Gasteiger partial charge on any atom is -0.481 e. The second-order valence-corrected chi connectivity index (χ2v) is 5.26. The van der Waals surface area contributed by atoms with E-state index in [-0.39, 0.29) is 5.56 Å². The second kappa shape index (κ2) is 8.64. The highest BCUT2D eigenvalue weighted by atomic mass is 32.1. The Morgan fingerprint density at radius 2 is 1.90 bits per heavy atom. The molecule has 0 radical (unpaired) electrons. The Balaban J connectivity index is 2.63. The monoisotopic (exact) mass is 296 g/mol. The third kappa shape index (κ3) is 5.65. The first kappa shape index (κ1) is 16.6. The lowest BCUT2D eigenvalue weighted by Crippen LogP contribution is -2.16. The molecule has 110 valence electrons. The summed E-state index contributed by atoms with van der Waals surface area (Å²) in [6.07, 6.45) is 3.81. The molecule has 1 atom stereocenters. The summed E-state index contributed by atoms with van der Waals surface area (Å²) in [7, 11) is 0. The van der Waals surface area contributed by atoms with Crippen molar-refractivity contribution < 1.29 is 19.8 Å². The average Bonchev–Trinajstić information content (AvgIpc) is 2.42. The number of rotatable bonds is 9. The Hall–Kier alpha value is -1.49. The minimum atomic E-state index is -0.993. The molecule has 0 aliphatic heterocycles. The number of thiol groups is 1. The first-order valence-electron chi connectivity index (χ1n) is 6.70. The lowest BCUT2D eigenvalue weighted by atomic mass is 9.93. The summed E-state index contributed by atoms with van der Waals surface area (Å²) in [5, 5.41) is 18.2. The summed E-state index contributed by atoms with van der Waals surface area (Å²) in [6.45, 7) is 0. The van der Waals surface area contributed by atoms with Gasteiger partial charge in [0.2, 0.25) is 0 Å². The topological polar surface area (TPSA) is 74.6 Å². The SMILES string of the molecule is O=C(O)c1cccc(CC(CCCCCS)C(=O)O)c1. The smallest absolute Gasteiger partial charge is 0.335 e. The van der Waals surface area contributed by atoms with Gasteiger partial charge in [-0.3, -0.25) is 4.79 Å². The predicted molar refractivity (Wildman–Crippen MR) is 80.6 cm³/mol. The second-order valence-electron chi connectivity index (χ2n) is 4.82. The van der Waals surface area contributed by atoms with E-state index in [4.69, 9.17) is 5.11 Å². The van der Waals surface area contributed by atoms with E-state index in [2.05, 4.69) is 12.6 Å². The third-order valence-electron chi connectivity index (χ3n) is 3.22. The van der Waals surface area contributed by atoms with Crippen LogP contribution in [-0.4, -0.2) is 27.9 Å². The maximum atomic E-state index is 11.3. The third-order valence-corrected chi connectivity index (χ3v) is 3.53. The predicted octanol–water partition coefficient (Wildman–Crippen LogP) is 3.12. The maximum Gasteiger partial charge on any atom is 0.335 e. The van der Waals surface area contributed by atoms with Crippen LogP contribution in [-0.2, 0) is 11.2 Å². The fourth-order valence-corrected chi connectivity index (χ4v) is 2.33. The van der Waals surface area contributed by atoms with Crippen molar-refractivity contribution in [1.82, 2.24) is 0 Å². The van der Waals surface area contributed by atoms with Gasteiger partial charge in [-0.25, -0.2) is 4.79 Å². The molecule has 1 aromatic rings. The molecule has 1 aromatic carbocycles. The molecule has 0 aliphatic carbocycles. The number of unbranched alkanes of at least 4 members (excludes halogenated alkanes) is 2. The molecule has 5 heteroatoms. The number of hydrogen-bond donors (Lipinski definition) is 3. The largest absolute Gasteiger partial charge is 0.481 e. The molecule has 1 unspecified atom stereocenters. The normalized spacial score (nSPS) is 12.1. The molecule has 0 saturated carbocycles. The van der Waals surface area contributed by atoms with E-state index >= 15 is 0 Å². The standard InChI is InChI=1S/C15H20O4S/c16-14(17)12(6-2-1-3-8-20)9-11-5-4-7-13(10-11)15(18)19/h4-5,7,10,12,20H,1-3,6,8-9H2,(H,16,17)(H,18,19). The van der Waals surface area contributed by atoms with Crippen molar-refractivity contribution in [2.24, 2.45) is 5.92 Å². The van der Waals surface area contributed by atoms with Crippen LogP contribution in [0.5, 0.6) is 0 Å². The molecule has 0 bridgehead atoms. The summed E-state index contributed by atoms with van der Waals surface area (Å²) in [5.74, 6) is -1.46. The Kier molecular flexibility index (Phi) is 7.15. The number of carboxylic acids is 2. The van der Waals surface area contributed by atoms with E-state index in [1.165, 1.54) is 6.07 Å². The van der Waals surface area contributed by atoms with Gasteiger partial charge in [0, 0.05) is 0 Å². The number of aliphatic carboxylic acids is 1. The first-order chi connectivity index (χ1) is 9.54. The zero-order chi connectivity index (χ0) is 15.0. The van der Waals surface area contributed by atoms with Gasteiger partial charge in [-0.15, -0.1) is 0 Å². The van der Waals surface area contributed by atoms with Crippen LogP contribution >= 0.6 is 12.6 Å². The summed E-state index contributed by atoms with van der Waals surface area (Å²) in [6, 6.07) is 6.48. The molecule has 1 rings (SSSR count).